The highest BCUT2D eigenvalue weighted by Gasteiger charge is 2.11. The fraction of sp³-hybridized carbons (Fsp3) is 0.167. The standard InChI is InChI=1S/C12H11NO4/c1-16-11(14)8-17-12(15)13-7-6-9-4-2-3-5-10(9)13/h2-7H,8H2,1H3. The van der Waals surface area contributed by atoms with Gasteiger partial charge in [0, 0.05) is 11.6 Å². The highest BCUT2D eigenvalue weighted by atomic mass is 16.6. The number of methoxy groups -OCH3 is 1. The summed E-state index contributed by atoms with van der Waals surface area (Å²) in [5, 5.41) is 0.933. The van der Waals surface area contributed by atoms with Crippen molar-refractivity contribution < 1.29 is 19.1 Å². The van der Waals surface area contributed by atoms with Gasteiger partial charge in [0.1, 0.15) is 0 Å². The van der Waals surface area contributed by atoms with Gasteiger partial charge < -0.3 is 9.47 Å². The molecule has 0 spiro atoms. The van der Waals surface area contributed by atoms with Crippen LogP contribution in [0.3, 0.4) is 0 Å². The minimum atomic E-state index is -0.600. The summed E-state index contributed by atoms with van der Waals surface area (Å²) < 4.78 is 10.5. The van der Waals surface area contributed by atoms with Gasteiger partial charge in [-0.1, -0.05) is 18.2 Å². The lowest BCUT2D eigenvalue weighted by Crippen LogP contribution is -2.18. The molecule has 0 bridgehead atoms. The number of fused-ring (bicyclic) bond motifs is 1. The maximum absolute atomic E-state index is 11.7. The van der Waals surface area contributed by atoms with Gasteiger partial charge in [0.05, 0.1) is 12.6 Å². The van der Waals surface area contributed by atoms with E-state index in [1.54, 1.807) is 18.3 Å². The maximum atomic E-state index is 11.7. The Kier molecular flexibility index (Phi) is 3.09. The van der Waals surface area contributed by atoms with Crippen LogP contribution in [0, 0.1) is 0 Å². The molecule has 1 aromatic heterocycles. The average Bonchev–Trinajstić information content (AvgIpc) is 2.79. The molecule has 0 radical (unpaired) electrons. The van der Waals surface area contributed by atoms with E-state index >= 15 is 0 Å². The molecule has 0 atom stereocenters. The summed E-state index contributed by atoms with van der Waals surface area (Å²) in [6.07, 6.45) is 1.00. The van der Waals surface area contributed by atoms with Crippen LogP contribution < -0.4 is 0 Å². The minimum Gasteiger partial charge on any atom is -0.466 e. The van der Waals surface area contributed by atoms with E-state index in [9.17, 15) is 9.59 Å². The molecule has 0 saturated carbocycles. The van der Waals surface area contributed by atoms with Gasteiger partial charge in [-0.15, -0.1) is 0 Å². The number of carbonyl (C=O) groups excluding carboxylic acids is 2. The number of para-hydroxylation sites is 1. The molecule has 0 aliphatic carbocycles. The first-order valence-electron chi connectivity index (χ1n) is 5.02. The number of esters is 1. The number of hydrogen-bond donors (Lipinski definition) is 0. The van der Waals surface area contributed by atoms with E-state index < -0.39 is 12.1 Å². The highest BCUT2D eigenvalue weighted by molar-refractivity contribution is 5.89. The van der Waals surface area contributed by atoms with Gasteiger partial charge in [0.25, 0.3) is 0 Å². The third-order valence-corrected chi connectivity index (χ3v) is 2.34. The van der Waals surface area contributed by atoms with Crippen molar-refractivity contribution in [3.8, 4) is 0 Å². The van der Waals surface area contributed by atoms with Crippen LogP contribution in [-0.4, -0.2) is 30.3 Å². The van der Waals surface area contributed by atoms with Gasteiger partial charge in [0.2, 0.25) is 0 Å². The van der Waals surface area contributed by atoms with Crippen LogP contribution in [0.15, 0.2) is 36.5 Å². The van der Waals surface area contributed by atoms with Gasteiger partial charge in [-0.3, -0.25) is 4.57 Å². The van der Waals surface area contributed by atoms with E-state index in [1.807, 2.05) is 18.2 Å². The Labute approximate surface area is 97.5 Å². The van der Waals surface area contributed by atoms with Crippen molar-refractivity contribution in [3.63, 3.8) is 0 Å². The van der Waals surface area contributed by atoms with Crippen molar-refractivity contribution in [1.82, 2.24) is 4.57 Å². The minimum absolute atomic E-state index is 0.387. The molecule has 17 heavy (non-hydrogen) atoms. The number of aromatic nitrogens is 1. The van der Waals surface area contributed by atoms with Crippen LogP contribution in [0.5, 0.6) is 0 Å². The van der Waals surface area contributed by atoms with Crippen LogP contribution >= 0.6 is 0 Å². The van der Waals surface area contributed by atoms with E-state index in [1.165, 1.54) is 11.7 Å². The molecule has 5 heteroatoms. The Balaban J connectivity index is 2.17. The SMILES string of the molecule is COC(=O)COC(=O)n1ccc2ccccc21. The van der Waals surface area contributed by atoms with Crippen LogP contribution in [0.4, 0.5) is 4.79 Å². The van der Waals surface area contributed by atoms with E-state index in [-0.39, 0.29) is 6.61 Å². The summed E-state index contributed by atoms with van der Waals surface area (Å²) in [5.41, 5.74) is 0.738. The fourth-order valence-electron chi connectivity index (χ4n) is 1.49. The van der Waals surface area contributed by atoms with Crippen LogP contribution in [0.2, 0.25) is 0 Å². The summed E-state index contributed by atoms with van der Waals surface area (Å²) in [4.78, 5) is 22.5. The van der Waals surface area contributed by atoms with Crippen LogP contribution in [0.25, 0.3) is 10.9 Å². The monoisotopic (exact) mass is 233 g/mol. The fourth-order valence-corrected chi connectivity index (χ4v) is 1.49. The third-order valence-electron chi connectivity index (χ3n) is 2.34. The quantitative estimate of drug-likeness (QED) is 0.742. The molecule has 1 heterocycles. The Morgan fingerprint density at radius 3 is 2.76 bits per heavy atom. The smallest absolute Gasteiger partial charge is 0.419 e. The third kappa shape index (κ3) is 2.28. The molecule has 88 valence electrons. The summed E-state index contributed by atoms with van der Waals surface area (Å²) >= 11 is 0. The van der Waals surface area contributed by atoms with Crippen LogP contribution in [0.1, 0.15) is 0 Å². The van der Waals surface area contributed by atoms with Crippen molar-refractivity contribution in [2.75, 3.05) is 13.7 Å². The Bertz CT molecular complexity index is 558. The molecule has 0 N–H and O–H groups in total. The van der Waals surface area contributed by atoms with Gasteiger partial charge in [-0.2, -0.15) is 0 Å². The molecule has 1 aromatic carbocycles. The zero-order valence-electron chi connectivity index (χ0n) is 9.25. The number of hydrogen-bond acceptors (Lipinski definition) is 4. The number of nitrogens with zero attached hydrogens (tertiary/aromatic N) is 1. The van der Waals surface area contributed by atoms with Crippen molar-refractivity contribution in [2.45, 2.75) is 0 Å². The average molecular weight is 233 g/mol. The topological polar surface area (TPSA) is 57.5 Å². The maximum Gasteiger partial charge on any atom is 0.419 e. The number of ether oxygens (including phenoxy) is 2. The molecule has 2 rings (SSSR count). The first-order chi connectivity index (χ1) is 8.22. The molecule has 0 fully saturated rings. The molecule has 0 saturated heterocycles. The van der Waals surface area contributed by atoms with Gasteiger partial charge >= 0.3 is 12.1 Å². The number of benzene rings is 1. The summed E-state index contributed by atoms with van der Waals surface area (Å²) in [7, 11) is 1.24. The van der Waals surface area contributed by atoms with E-state index in [0.717, 1.165) is 10.9 Å². The van der Waals surface area contributed by atoms with Crippen molar-refractivity contribution in [1.29, 1.82) is 0 Å². The predicted molar refractivity (Wildman–Crippen MR) is 60.7 cm³/mol. The first-order valence-corrected chi connectivity index (χ1v) is 5.02. The molecule has 2 aromatic rings. The Morgan fingerprint density at radius 1 is 1.24 bits per heavy atom. The lowest BCUT2D eigenvalue weighted by molar-refractivity contribution is -0.143. The van der Waals surface area contributed by atoms with Gasteiger partial charge in [-0.25, -0.2) is 9.59 Å². The lowest BCUT2D eigenvalue weighted by Gasteiger charge is -2.04. The molecule has 0 amide bonds. The molecule has 0 aliphatic heterocycles. The van der Waals surface area contributed by atoms with Gasteiger partial charge in [-0.05, 0) is 12.1 Å². The summed E-state index contributed by atoms with van der Waals surface area (Å²) in [5.74, 6) is -0.588. The summed E-state index contributed by atoms with van der Waals surface area (Å²) in [6.45, 7) is -0.387. The van der Waals surface area contributed by atoms with Crippen molar-refractivity contribution >= 4 is 23.0 Å². The highest BCUT2D eigenvalue weighted by Crippen LogP contribution is 2.15. The van der Waals surface area contributed by atoms with E-state index in [0.29, 0.717) is 0 Å². The Hall–Kier alpha value is -2.30. The second kappa shape index (κ2) is 4.69. The zero-order chi connectivity index (χ0) is 12.3. The second-order valence-corrected chi connectivity index (χ2v) is 3.38. The van der Waals surface area contributed by atoms with Crippen molar-refractivity contribution in [2.24, 2.45) is 0 Å². The molecular weight excluding hydrogens is 222 g/mol. The number of carbonyl (C=O) groups is 2. The Morgan fingerprint density at radius 2 is 2.00 bits per heavy atom. The van der Waals surface area contributed by atoms with E-state index in [2.05, 4.69) is 4.74 Å². The van der Waals surface area contributed by atoms with Crippen LogP contribution in [-0.2, 0) is 14.3 Å². The predicted octanol–water partition coefficient (Wildman–Crippen LogP) is 1.80. The largest absolute Gasteiger partial charge is 0.466 e. The molecular formula is C12H11NO4. The zero-order valence-corrected chi connectivity index (χ0v) is 9.25. The molecule has 0 aliphatic rings. The summed E-state index contributed by atoms with van der Waals surface area (Å²) in [6, 6.07) is 9.20. The lowest BCUT2D eigenvalue weighted by atomic mass is 10.2. The second-order valence-electron chi connectivity index (χ2n) is 3.38. The molecule has 0 unspecified atom stereocenters. The van der Waals surface area contributed by atoms with Gasteiger partial charge in [0.15, 0.2) is 6.61 Å². The normalized spacial score (nSPS) is 10.2. The van der Waals surface area contributed by atoms with Crippen molar-refractivity contribution in [3.05, 3.63) is 36.5 Å². The number of rotatable bonds is 2. The molecule has 5 nitrogen and oxygen atoms in total. The van der Waals surface area contributed by atoms with E-state index in [4.69, 9.17) is 4.74 Å². The first kappa shape index (κ1) is 11.2.